The van der Waals surface area contributed by atoms with Gasteiger partial charge in [0.1, 0.15) is 5.75 Å². The van der Waals surface area contributed by atoms with Crippen molar-refractivity contribution >= 4 is 0 Å². The van der Waals surface area contributed by atoms with Crippen molar-refractivity contribution in [1.29, 1.82) is 0 Å². The fraction of sp³-hybridized carbons (Fsp3) is 0.200. The first kappa shape index (κ1) is 8.40. The van der Waals surface area contributed by atoms with Crippen LogP contribution in [0.3, 0.4) is 0 Å². The molecule has 0 fully saturated rings. The Labute approximate surface area is 94.7 Å². The van der Waals surface area contributed by atoms with Crippen molar-refractivity contribution in [3.05, 3.63) is 53.6 Å². The summed E-state index contributed by atoms with van der Waals surface area (Å²) in [6.45, 7) is 0.843. The van der Waals surface area contributed by atoms with E-state index < -0.39 is 0 Å². The van der Waals surface area contributed by atoms with Gasteiger partial charge in [-0.15, -0.1) is 0 Å². The van der Waals surface area contributed by atoms with Gasteiger partial charge in [-0.3, -0.25) is 0 Å². The Morgan fingerprint density at radius 1 is 0.938 bits per heavy atom. The van der Waals surface area contributed by atoms with Crippen molar-refractivity contribution in [1.82, 2.24) is 0 Å². The Kier molecular flexibility index (Phi) is 1.51. The van der Waals surface area contributed by atoms with Gasteiger partial charge in [0.05, 0.1) is 6.61 Å². The molecule has 2 aromatic rings. The number of benzene rings is 2. The molecule has 1 aliphatic heterocycles. The highest BCUT2D eigenvalue weighted by atomic mass is 16.5. The van der Waals surface area contributed by atoms with Crippen LogP contribution in [-0.4, -0.2) is 6.61 Å². The van der Waals surface area contributed by atoms with Crippen LogP contribution >= 0.6 is 0 Å². The van der Waals surface area contributed by atoms with Crippen molar-refractivity contribution in [2.24, 2.45) is 0 Å². The zero-order chi connectivity index (χ0) is 10.5. The zero-order valence-corrected chi connectivity index (χ0v) is 8.94. The first-order chi connectivity index (χ1) is 7.95. The second-order valence-electron chi connectivity index (χ2n) is 4.49. The van der Waals surface area contributed by atoms with Gasteiger partial charge >= 0.3 is 0 Å². The third-order valence-corrected chi connectivity index (χ3v) is 3.71. The van der Waals surface area contributed by atoms with E-state index in [2.05, 4.69) is 42.5 Å². The third kappa shape index (κ3) is 0.909. The maximum Gasteiger partial charge on any atom is 0.123 e. The molecule has 2 aliphatic rings. The van der Waals surface area contributed by atoms with E-state index in [1.807, 2.05) is 0 Å². The molecule has 1 nitrogen and oxygen atoms in total. The van der Waals surface area contributed by atoms with Gasteiger partial charge in [0.15, 0.2) is 0 Å². The second kappa shape index (κ2) is 2.88. The van der Waals surface area contributed by atoms with Crippen molar-refractivity contribution in [3.8, 4) is 16.9 Å². The molecule has 0 N–H and O–H groups in total. The highest BCUT2D eigenvalue weighted by Gasteiger charge is 2.33. The monoisotopic (exact) mass is 208 g/mol. The Hall–Kier alpha value is -1.76. The second-order valence-corrected chi connectivity index (χ2v) is 4.49. The molecule has 1 heterocycles. The van der Waals surface area contributed by atoms with Crippen LogP contribution in [0.25, 0.3) is 11.1 Å². The van der Waals surface area contributed by atoms with Gasteiger partial charge in [-0.1, -0.05) is 36.4 Å². The number of hydrogen-bond acceptors (Lipinski definition) is 1. The van der Waals surface area contributed by atoms with Gasteiger partial charge in [0, 0.05) is 11.5 Å². The molecular weight excluding hydrogens is 196 g/mol. The zero-order valence-electron chi connectivity index (χ0n) is 8.94. The topological polar surface area (TPSA) is 9.23 Å². The Morgan fingerprint density at radius 3 is 2.81 bits per heavy atom. The highest BCUT2D eigenvalue weighted by Crippen LogP contribution is 2.51. The predicted octanol–water partition coefficient (Wildman–Crippen LogP) is 3.58. The normalized spacial score (nSPS) is 19.9. The fourth-order valence-electron chi connectivity index (χ4n) is 3.05. The number of hydrogen-bond donors (Lipinski definition) is 0. The van der Waals surface area contributed by atoms with E-state index >= 15 is 0 Å². The molecule has 0 spiro atoms. The Balaban J connectivity index is 2.10. The lowest BCUT2D eigenvalue weighted by Gasteiger charge is -2.22. The summed E-state index contributed by atoms with van der Waals surface area (Å²) in [6.07, 6.45) is 1.11. The van der Waals surface area contributed by atoms with Gasteiger partial charge in [0.25, 0.3) is 0 Å². The van der Waals surface area contributed by atoms with Crippen molar-refractivity contribution < 1.29 is 4.74 Å². The van der Waals surface area contributed by atoms with E-state index in [0.29, 0.717) is 5.92 Å². The van der Waals surface area contributed by atoms with Gasteiger partial charge in [-0.25, -0.2) is 0 Å². The molecule has 16 heavy (non-hydrogen) atoms. The van der Waals surface area contributed by atoms with Crippen LogP contribution in [0.15, 0.2) is 42.5 Å². The van der Waals surface area contributed by atoms with Gasteiger partial charge in [-0.2, -0.15) is 0 Å². The lowest BCUT2D eigenvalue weighted by molar-refractivity contribution is 0.279. The van der Waals surface area contributed by atoms with Crippen LogP contribution in [0.1, 0.15) is 23.5 Å². The summed E-state index contributed by atoms with van der Waals surface area (Å²) in [6, 6.07) is 15.1. The molecule has 4 rings (SSSR count). The molecule has 1 aliphatic carbocycles. The Morgan fingerprint density at radius 2 is 1.81 bits per heavy atom. The van der Waals surface area contributed by atoms with E-state index in [-0.39, 0.29) is 0 Å². The van der Waals surface area contributed by atoms with Crippen LogP contribution < -0.4 is 4.74 Å². The van der Waals surface area contributed by atoms with Crippen molar-refractivity contribution in [2.45, 2.75) is 12.3 Å². The highest BCUT2D eigenvalue weighted by molar-refractivity contribution is 5.81. The fourth-order valence-corrected chi connectivity index (χ4v) is 3.05. The van der Waals surface area contributed by atoms with Gasteiger partial charge in [-0.05, 0) is 29.2 Å². The van der Waals surface area contributed by atoms with E-state index in [9.17, 15) is 0 Å². The first-order valence-electron chi connectivity index (χ1n) is 5.80. The average Bonchev–Trinajstić information content (AvgIpc) is 2.68. The van der Waals surface area contributed by atoms with Crippen molar-refractivity contribution in [2.75, 3.05) is 6.61 Å². The van der Waals surface area contributed by atoms with E-state index in [1.54, 1.807) is 0 Å². The van der Waals surface area contributed by atoms with Crippen LogP contribution in [0, 0.1) is 0 Å². The molecule has 2 aromatic carbocycles. The minimum atomic E-state index is 0.566. The molecule has 1 atom stereocenters. The molecule has 0 radical (unpaired) electrons. The molecular formula is C15H12O. The SMILES string of the molecule is c1ccc2c(c1)-c1cccc3c1C2CCO3. The van der Waals surface area contributed by atoms with Gasteiger partial charge in [0.2, 0.25) is 0 Å². The molecule has 0 amide bonds. The van der Waals surface area contributed by atoms with Crippen LogP contribution in [0.2, 0.25) is 0 Å². The summed E-state index contributed by atoms with van der Waals surface area (Å²) in [4.78, 5) is 0. The van der Waals surface area contributed by atoms with Crippen LogP contribution in [-0.2, 0) is 0 Å². The standard InChI is InChI=1S/C15H12O/c1-2-5-11-10(4-1)12-6-3-7-14-15(12)13(11)8-9-16-14/h1-7,13H,8-9H2. The number of rotatable bonds is 0. The summed E-state index contributed by atoms with van der Waals surface area (Å²) in [5, 5.41) is 0. The average molecular weight is 208 g/mol. The first-order valence-corrected chi connectivity index (χ1v) is 5.80. The Bertz CT molecular complexity index is 571. The summed E-state index contributed by atoms with van der Waals surface area (Å²) in [5.74, 6) is 1.65. The molecule has 0 bridgehead atoms. The minimum absolute atomic E-state index is 0.566. The smallest absolute Gasteiger partial charge is 0.123 e. The molecule has 1 unspecified atom stereocenters. The predicted molar refractivity (Wildman–Crippen MR) is 63.8 cm³/mol. The quantitative estimate of drug-likeness (QED) is 0.643. The molecule has 0 aromatic heterocycles. The summed E-state index contributed by atoms with van der Waals surface area (Å²) in [5.41, 5.74) is 5.66. The molecule has 0 saturated heterocycles. The molecule has 1 heteroatoms. The molecule has 78 valence electrons. The minimum Gasteiger partial charge on any atom is -0.493 e. The van der Waals surface area contributed by atoms with E-state index in [4.69, 9.17) is 4.74 Å². The van der Waals surface area contributed by atoms with Crippen LogP contribution in [0.5, 0.6) is 5.75 Å². The van der Waals surface area contributed by atoms with Crippen LogP contribution in [0.4, 0.5) is 0 Å². The maximum atomic E-state index is 5.75. The van der Waals surface area contributed by atoms with Crippen molar-refractivity contribution in [3.63, 3.8) is 0 Å². The lowest BCUT2D eigenvalue weighted by atomic mass is 9.92. The number of fused-ring (bicyclic) bond motifs is 3. The summed E-state index contributed by atoms with van der Waals surface area (Å²) < 4.78 is 5.75. The largest absolute Gasteiger partial charge is 0.493 e. The maximum absolute atomic E-state index is 5.75. The third-order valence-electron chi connectivity index (χ3n) is 3.71. The lowest BCUT2D eigenvalue weighted by Crippen LogP contribution is -2.12. The molecule has 0 saturated carbocycles. The van der Waals surface area contributed by atoms with Gasteiger partial charge < -0.3 is 4.74 Å². The van der Waals surface area contributed by atoms with E-state index in [1.165, 1.54) is 22.3 Å². The summed E-state index contributed by atoms with van der Waals surface area (Å²) >= 11 is 0. The van der Waals surface area contributed by atoms with E-state index in [0.717, 1.165) is 18.8 Å². The number of ether oxygens (including phenoxy) is 1. The summed E-state index contributed by atoms with van der Waals surface area (Å²) in [7, 11) is 0.